The second kappa shape index (κ2) is 13.6. The topological polar surface area (TPSA) is 41.9 Å². The molecule has 0 spiro atoms. The van der Waals surface area contributed by atoms with Crippen molar-refractivity contribution in [2.75, 3.05) is 4.90 Å². The van der Waals surface area contributed by atoms with Crippen molar-refractivity contribution >= 4 is 38.6 Å². The van der Waals surface area contributed by atoms with Crippen LogP contribution in [0.5, 0.6) is 0 Å². The molecule has 0 fully saturated rings. The molecule has 2 heterocycles. The number of nitrogens with zero attached hydrogens (tertiary/aromatic N) is 4. The largest absolute Gasteiger partial charge is 0.309 e. The predicted molar refractivity (Wildman–Crippen MR) is 236 cm³/mol. The summed E-state index contributed by atoms with van der Waals surface area (Å²) in [5.74, 6) is 1.92. The third kappa shape index (κ3) is 5.66. The maximum absolute atomic E-state index is 5.24. The Labute approximate surface area is 331 Å². The molecule has 0 radical (unpaired) electrons. The summed E-state index contributed by atoms with van der Waals surface area (Å²) in [5, 5.41) is 4.56. The Morgan fingerprint density at radius 3 is 1.70 bits per heavy atom. The molecule has 1 aromatic heterocycles. The fourth-order valence-corrected chi connectivity index (χ4v) is 8.36. The van der Waals surface area contributed by atoms with Crippen molar-refractivity contribution in [3.05, 3.63) is 206 Å². The maximum Gasteiger partial charge on any atom is 0.164 e. The maximum atomic E-state index is 5.24. The third-order valence-electron chi connectivity index (χ3n) is 11.0. The van der Waals surface area contributed by atoms with E-state index in [1.165, 1.54) is 38.8 Å². The van der Waals surface area contributed by atoms with Gasteiger partial charge in [-0.1, -0.05) is 176 Å². The van der Waals surface area contributed by atoms with E-state index in [9.17, 15) is 0 Å². The number of anilines is 3. The molecule has 0 amide bonds. The molecule has 0 bridgehead atoms. The molecule has 1 aliphatic heterocycles. The summed E-state index contributed by atoms with van der Waals surface area (Å²) in [6.07, 6.45) is 0. The first-order valence-electron chi connectivity index (χ1n) is 19.3. The van der Waals surface area contributed by atoms with Crippen LogP contribution in [0.15, 0.2) is 206 Å². The molecule has 0 atom stereocenters. The van der Waals surface area contributed by atoms with Crippen LogP contribution in [0.4, 0.5) is 17.1 Å². The number of hydrogen-bond donors (Lipinski definition) is 0. The van der Waals surface area contributed by atoms with Crippen molar-refractivity contribution in [1.82, 2.24) is 15.0 Å². The van der Waals surface area contributed by atoms with Crippen LogP contribution in [0.25, 0.3) is 89.1 Å². The Morgan fingerprint density at radius 2 is 0.912 bits per heavy atom. The van der Waals surface area contributed by atoms with Crippen molar-refractivity contribution in [3.8, 4) is 67.5 Å². The number of para-hydroxylation sites is 1. The van der Waals surface area contributed by atoms with E-state index in [0.29, 0.717) is 17.5 Å². The lowest BCUT2D eigenvalue weighted by Gasteiger charge is -2.36. The van der Waals surface area contributed by atoms with Crippen LogP contribution in [0.1, 0.15) is 0 Å². The summed E-state index contributed by atoms with van der Waals surface area (Å²) in [5.41, 5.74) is 13.3. The lowest BCUT2D eigenvalue weighted by molar-refractivity contribution is 1.08. The Hall–Kier alpha value is -7.69. The molecule has 10 aromatic rings. The van der Waals surface area contributed by atoms with Gasteiger partial charge in [0, 0.05) is 38.9 Å². The highest BCUT2D eigenvalue weighted by Crippen LogP contribution is 2.55. The van der Waals surface area contributed by atoms with E-state index in [1.807, 2.05) is 18.2 Å². The Bertz CT molecular complexity index is 3120. The van der Waals surface area contributed by atoms with Crippen LogP contribution in [0.3, 0.4) is 0 Å². The second-order valence-electron chi connectivity index (χ2n) is 14.4. The second-order valence-corrected chi connectivity index (χ2v) is 14.4. The fourth-order valence-electron chi connectivity index (χ4n) is 8.36. The average Bonchev–Trinajstić information content (AvgIpc) is 3.29. The van der Waals surface area contributed by atoms with Crippen molar-refractivity contribution in [2.45, 2.75) is 0 Å². The molecule has 57 heavy (non-hydrogen) atoms. The number of hydrogen-bond acceptors (Lipinski definition) is 4. The Balaban J connectivity index is 1.16. The zero-order chi connectivity index (χ0) is 37.7. The van der Waals surface area contributed by atoms with Gasteiger partial charge in [0.15, 0.2) is 17.5 Å². The first kappa shape index (κ1) is 32.7. The van der Waals surface area contributed by atoms with Crippen molar-refractivity contribution in [2.24, 2.45) is 0 Å². The molecular weight excluding hydrogens is 693 g/mol. The monoisotopic (exact) mass is 726 g/mol. The highest BCUT2D eigenvalue weighted by molar-refractivity contribution is 6.19. The van der Waals surface area contributed by atoms with E-state index in [4.69, 9.17) is 15.0 Å². The number of fused-ring (bicyclic) bond motifs is 3. The van der Waals surface area contributed by atoms with Crippen LogP contribution in [0.2, 0.25) is 0 Å². The van der Waals surface area contributed by atoms with E-state index < -0.39 is 0 Å². The highest BCUT2D eigenvalue weighted by Gasteiger charge is 2.30. The zero-order valence-electron chi connectivity index (χ0n) is 30.9. The van der Waals surface area contributed by atoms with Crippen LogP contribution in [0, 0.1) is 0 Å². The van der Waals surface area contributed by atoms with Crippen LogP contribution in [-0.2, 0) is 0 Å². The zero-order valence-corrected chi connectivity index (χ0v) is 30.9. The van der Waals surface area contributed by atoms with Gasteiger partial charge < -0.3 is 4.90 Å². The van der Waals surface area contributed by atoms with Gasteiger partial charge in [0.25, 0.3) is 0 Å². The molecule has 0 aliphatic carbocycles. The van der Waals surface area contributed by atoms with Gasteiger partial charge in [-0.2, -0.15) is 0 Å². The molecular formula is C53H34N4. The van der Waals surface area contributed by atoms with Crippen molar-refractivity contribution in [3.63, 3.8) is 0 Å². The summed E-state index contributed by atoms with van der Waals surface area (Å²) >= 11 is 0. The minimum Gasteiger partial charge on any atom is -0.309 e. The summed E-state index contributed by atoms with van der Waals surface area (Å²) in [6, 6.07) is 73.0. The first-order chi connectivity index (χ1) is 28.3. The van der Waals surface area contributed by atoms with Crippen molar-refractivity contribution in [1.29, 1.82) is 0 Å². The van der Waals surface area contributed by atoms with Gasteiger partial charge in [0.2, 0.25) is 0 Å². The minimum absolute atomic E-state index is 0.636. The van der Waals surface area contributed by atoms with Gasteiger partial charge >= 0.3 is 0 Å². The third-order valence-corrected chi connectivity index (χ3v) is 11.0. The number of aromatic nitrogens is 3. The van der Waals surface area contributed by atoms with Crippen molar-refractivity contribution < 1.29 is 0 Å². The number of benzene rings is 9. The molecule has 4 nitrogen and oxygen atoms in total. The molecule has 0 saturated carbocycles. The molecule has 0 saturated heterocycles. The molecule has 0 N–H and O–H groups in total. The van der Waals surface area contributed by atoms with E-state index in [2.05, 4.69) is 193 Å². The van der Waals surface area contributed by atoms with Gasteiger partial charge in [-0.25, -0.2) is 15.0 Å². The summed E-state index contributed by atoms with van der Waals surface area (Å²) in [7, 11) is 0. The summed E-state index contributed by atoms with van der Waals surface area (Å²) in [6.45, 7) is 0. The average molecular weight is 727 g/mol. The van der Waals surface area contributed by atoms with E-state index in [-0.39, 0.29) is 0 Å². The van der Waals surface area contributed by atoms with E-state index in [1.54, 1.807) is 0 Å². The van der Waals surface area contributed by atoms with E-state index in [0.717, 1.165) is 49.9 Å². The van der Waals surface area contributed by atoms with Crippen LogP contribution < -0.4 is 4.90 Å². The standard InChI is InChI=1S/C53H34N4/c1-4-15-35(16-5-1)40-23-12-24-42(34-40)57-48-32-31-47(45-27-14-26-44(49(45)48)46-28-13-25-43(50(46)57)37-18-6-2-7-19-37)53-55-51(38-20-8-3-9-21-38)54-52(56-53)41-30-29-36-17-10-11-22-39(36)33-41/h1-34H. The normalized spacial score (nSPS) is 11.8. The molecule has 4 heteroatoms. The van der Waals surface area contributed by atoms with Gasteiger partial charge in [0.05, 0.1) is 11.4 Å². The lowest BCUT2D eigenvalue weighted by Crippen LogP contribution is -2.16. The quantitative estimate of drug-likeness (QED) is 0.171. The molecule has 1 aliphatic rings. The fraction of sp³-hybridized carbons (Fsp3) is 0. The first-order valence-corrected chi connectivity index (χ1v) is 19.3. The predicted octanol–water partition coefficient (Wildman–Crippen LogP) is 14.0. The number of rotatable bonds is 6. The Kier molecular flexibility index (Phi) is 7.78. The van der Waals surface area contributed by atoms with E-state index >= 15 is 0 Å². The van der Waals surface area contributed by atoms with Crippen LogP contribution >= 0.6 is 0 Å². The summed E-state index contributed by atoms with van der Waals surface area (Å²) < 4.78 is 0. The van der Waals surface area contributed by atoms with Gasteiger partial charge in [-0.3, -0.25) is 0 Å². The minimum atomic E-state index is 0.636. The lowest BCUT2D eigenvalue weighted by atomic mass is 9.86. The SMILES string of the molecule is c1ccc(-c2cccc(N3c4c(-c5ccccc5)cccc4-c4cccc5c(-c6nc(-c7ccccc7)nc(-c7ccc8ccccc8c7)n6)ccc3c45)c2)cc1. The van der Waals surface area contributed by atoms with Gasteiger partial charge in [-0.15, -0.1) is 0 Å². The summed E-state index contributed by atoms with van der Waals surface area (Å²) in [4.78, 5) is 18.0. The van der Waals surface area contributed by atoms with Gasteiger partial charge in [0.1, 0.15) is 0 Å². The molecule has 0 unspecified atom stereocenters. The molecule has 11 rings (SSSR count). The molecule has 9 aromatic carbocycles. The Morgan fingerprint density at radius 1 is 0.316 bits per heavy atom. The smallest absolute Gasteiger partial charge is 0.164 e. The highest BCUT2D eigenvalue weighted by atomic mass is 15.2. The molecule has 266 valence electrons. The van der Waals surface area contributed by atoms with Gasteiger partial charge in [-0.05, 0) is 68.7 Å². The van der Waals surface area contributed by atoms with Crippen LogP contribution in [-0.4, -0.2) is 15.0 Å².